The van der Waals surface area contributed by atoms with Crippen LogP contribution in [0.2, 0.25) is 0 Å². The molecule has 26 heavy (non-hydrogen) atoms. The summed E-state index contributed by atoms with van der Waals surface area (Å²) in [6.45, 7) is 4.14. The van der Waals surface area contributed by atoms with Gasteiger partial charge in [-0.05, 0) is 62.4 Å². The molecule has 0 saturated heterocycles. The molecule has 0 radical (unpaired) electrons. The first kappa shape index (κ1) is 17.8. The third-order valence-corrected chi connectivity index (χ3v) is 5.18. The molecule has 2 heterocycles. The molecule has 3 aromatic rings. The number of benzene rings is 1. The number of aldehydes is 1. The van der Waals surface area contributed by atoms with Gasteiger partial charge in [-0.2, -0.15) is 5.26 Å². The minimum absolute atomic E-state index is 0.173. The predicted molar refractivity (Wildman–Crippen MR) is 106 cm³/mol. The van der Waals surface area contributed by atoms with Gasteiger partial charge in [-0.3, -0.25) is 9.36 Å². The summed E-state index contributed by atoms with van der Waals surface area (Å²) in [5.74, 6) is 6.55. The van der Waals surface area contributed by atoms with Crippen LogP contribution in [0, 0.1) is 23.2 Å². The highest BCUT2D eigenvalue weighted by atomic mass is 32.2. The van der Waals surface area contributed by atoms with Crippen molar-refractivity contribution in [2.45, 2.75) is 18.6 Å². The number of hydrogen-bond donors (Lipinski definition) is 0. The monoisotopic (exact) mass is 359 g/mol. The number of nitrogens with zero attached hydrogens (tertiary/aromatic N) is 3. The maximum Gasteiger partial charge on any atom is 0.151 e. The van der Waals surface area contributed by atoms with Gasteiger partial charge in [0.25, 0.3) is 0 Å². The van der Waals surface area contributed by atoms with Crippen LogP contribution < -0.4 is 0 Å². The number of thioether (sulfide) groups is 1. The lowest BCUT2D eigenvalue weighted by atomic mass is 10.2. The summed E-state index contributed by atoms with van der Waals surface area (Å²) in [5.41, 5.74) is 3.52. The van der Waals surface area contributed by atoms with Crippen molar-refractivity contribution in [3.05, 3.63) is 59.4 Å². The summed E-state index contributed by atoms with van der Waals surface area (Å²) in [6.07, 6.45) is 4.37. The van der Waals surface area contributed by atoms with Gasteiger partial charge in [-0.1, -0.05) is 5.92 Å². The predicted octanol–water partition coefficient (Wildman–Crippen LogP) is 4.20. The number of fused-ring (bicyclic) bond motifs is 1. The Morgan fingerprint density at radius 3 is 2.58 bits per heavy atom. The molecule has 0 bridgehead atoms. The smallest absolute Gasteiger partial charge is 0.151 e. The minimum Gasteiger partial charge on any atom is -0.298 e. The van der Waals surface area contributed by atoms with Crippen molar-refractivity contribution < 1.29 is 4.79 Å². The lowest BCUT2D eigenvalue weighted by molar-refractivity contribution is 0.112. The van der Waals surface area contributed by atoms with E-state index in [9.17, 15) is 4.79 Å². The van der Waals surface area contributed by atoms with Gasteiger partial charge in [0.1, 0.15) is 5.65 Å². The highest BCUT2D eigenvalue weighted by molar-refractivity contribution is 8.00. The van der Waals surface area contributed by atoms with E-state index in [1.165, 1.54) is 0 Å². The lowest BCUT2D eigenvalue weighted by Gasteiger charge is -2.13. The second-order valence-electron chi connectivity index (χ2n) is 6.29. The van der Waals surface area contributed by atoms with Crippen LogP contribution in [0.4, 0.5) is 0 Å². The van der Waals surface area contributed by atoms with Crippen LogP contribution in [0.3, 0.4) is 0 Å². The van der Waals surface area contributed by atoms with Gasteiger partial charge < -0.3 is 0 Å². The summed E-state index contributed by atoms with van der Waals surface area (Å²) in [6, 6.07) is 13.2. The molecule has 128 valence electrons. The zero-order chi connectivity index (χ0) is 18.7. The summed E-state index contributed by atoms with van der Waals surface area (Å²) in [5, 5.41) is 9.87. The molecule has 0 aliphatic carbocycles. The van der Waals surface area contributed by atoms with Crippen LogP contribution in [-0.4, -0.2) is 26.8 Å². The fourth-order valence-corrected chi connectivity index (χ4v) is 2.63. The van der Waals surface area contributed by atoms with Gasteiger partial charge in [0.05, 0.1) is 22.1 Å². The molecule has 4 nitrogen and oxygen atoms in total. The molecule has 0 unspecified atom stereocenters. The molecule has 0 saturated carbocycles. The molecule has 2 aromatic heterocycles. The minimum atomic E-state index is -0.173. The van der Waals surface area contributed by atoms with E-state index in [1.54, 1.807) is 36.2 Å². The largest absolute Gasteiger partial charge is 0.298 e. The lowest BCUT2D eigenvalue weighted by Crippen LogP contribution is -2.10. The Hall–Kier alpha value is -3.02. The summed E-state index contributed by atoms with van der Waals surface area (Å²) < 4.78 is 1.78. The average molecular weight is 359 g/mol. The van der Waals surface area contributed by atoms with E-state index in [-0.39, 0.29) is 4.75 Å². The second kappa shape index (κ2) is 7.07. The Balaban J connectivity index is 2.24. The molecular formula is C21H17N3OS. The van der Waals surface area contributed by atoms with Gasteiger partial charge in [0.15, 0.2) is 6.29 Å². The van der Waals surface area contributed by atoms with Crippen molar-refractivity contribution in [1.29, 1.82) is 5.26 Å². The van der Waals surface area contributed by atoms with E-state index in [0.717, 1.165) is 28.7 Å². The number of pyridine rings is 1. The normalized spacial score (nSPS) is 10.8. The fourth-order valence-electron chi connectivity index (χ4n) is 2.48. The molecule has 3 rings (SSSR count). The molecule has 5 heteroatoms. The molecule has 0 atom stereocenters. The van der Waals surface area contributed by atoms with Crippen LogP contribution in [0.15, 0.2) is 42.6 Å². The number of carbonyl (C=O) groups excluding carboxylic acids is 1. The first-order valence-electron chi connectivity index (χ1n) is 8.03. The molecular weight excluding hydrogens is 342 g/mol. The van der Waals surface area contributed by atoms with Gasteiger partial charge in [-0.15, -0.1) is 11.8 Å². The number of aromatic nitrogens is 2. The number of nitriles is 1. The maximum atomic E-state index is 11.1. The summed E-state index contributed by atoms with van der Waals surface area (Å²) >= 11 is 1.69. The molecule has 0 aliphatic rings. The van der Waals surface area contributed by atoms with Gasteiger partial charge in [0, 0.05) is 22.8 Å². The van der Waals surface area contributed by atoms with Crippen LogP contribution >= 0.6 is 11.8 Å². The quantitative estimate of drug-likeness (QED) is 0.519. The van der Waals surface area contributed by atoms with E-state index < -0.39 is 0 Å². The SMILES string of the molecule is CSC(C)(C)C#Cc1cc2cc(C=O)cnc2n1-c1ccc(C#N)cc1. The van der Waals surface area contributed by atoms with Crippen LogP contribution in [-0.2, 0) is 0 Å². The summed E-state index contributed by atoms with van der Waals surface area (Å²) in [4.78, 5) is 15.5. The molecule has 0 aliphatic heterocycles. The first-order valence-corrected chi connectivity index (χ1v) is 9.25. The van der Waals surface area contributed by atoms with Gasteiger partial charge in [0.2, 0.25) is 0 Å². The van der Waals surface area contributed by atoms with E-state index in [4.69, 9.17) is 5.26 Å². The Bertz CT molecular complexity index is 1080. The van der Waals surface area contributed by atoms with E-state index in [0.29, 0.717) is 11.1 Å². The number of rotatable bonds is 3. The summed E-state index contributed by atoms with van der Waals surface area (Å²) in [7, 11) is 0. The fraction of sp³-hybridized carbons (Fsp3) is 0.190. The van der Waals surface area contributed by atoms with Crippen molar-refractivity contribution in [1.82, 2.24) is 9.55 Å². The zero-order valence-corrected chi connectivity index (χ0v) is 15.6. The van der Waals surface area contributed by atoms with Crippen molar-refractivity contribution in [3.63, 3.8) is 0 Å². The van der Waals surface area contributed by atoms with Crippen molar-refractivity contribution in [2.75, 3.05) is 6.26 Å². The third kappa shape index (κ3) is 3.49. The highest BCUT2D eigenvalue weighted by Crippen LogP contribution is 2.25. The van der Waals surface area contributed by atoms with Crippen LogP contribution in [0.25, 0.3) is 16.7 Å². The second-order valence-corrected chi connectivity index (χ2v) is 7.72. The van der Waals surface area contributed by atoms with Crippen molar-refractivity contribution in [3.8, 4) is 23.6 Å². The Morgan fingerprint density at radius 1 is 1.23 bits per heavy atom. The van der Waals surface area contributed by atoms with E-state index >= 15 is 0 Å². The van der Waals surface area contributed by atoms with Gasteiger partial charge in [-0.25, -0.2) is 4.98 Å². The molecule has 0 spiro atoms. The van der Waals surface area contributed by atoms with E-state index in [2.05, 4.69) is 36.7 Å². The Morgan fingerprint density at radius 2 is 1.96 bits per heavy atom. The molecule has 0 N–H and O–H groups in total. The number of carbonyl (C=O) groups is 1. The standard InChI is InChI=1S/C21H17N3OS/c1-21(2,26-3)9-8-19-11-17-10-16(14-25)13-23-20(17)24(19)18-6-4-15(12-22)5-7-18/h4-7,10-11,13-14H,1-3H3. The average Bonchev–Trinajstić information content (AvgIpc) is 3.04. The van der Waals surface area contributed by atoms with Crippen molar-refractivity contribution in [2.24, 2.45) is 0 Å². The van der Waals surface area contributed by atoms with Crippen molar-refractivity contribution >= 4 is 29.1 Å². The van der Waals surface area contributed by atoms with Crippen LogP contribution in [0.1, 0.15) is 35.5 Å². The Labute approximate surface area is 156 Å². The molecule has 0 fully saturated rings. The Kier molecular flexibility index (Phi) is 4.84. The molecule has 1 aromatic carbocycles. The number of hydrogen-bond acceptors (Lipinski definition) is 4. The topological polar surface area (TPSA) is 58.7 Å². The van der Waals surface area contributed by atoms with Gasteiger partial charge >= 0.3 is 0 Å². The first-order chi connectivity index (χ1) is 12.5. The zero-order valence-electron chi connectivity index (χ0n) is 14.8. The maximum absolute atomic E-state index is 11.1. The third-order valence-electron chi connectivity index (χ3n) is 4.05. The highest BCUT2D eigenvalue weighted by Gasteiger charge is 2.14. The van der Waals surface area contributed by atoms with Crippen LogP contribution in [0.5, 0.6) is 0 Å². The molecule has 0 amide bonds. The van der Waals surface area contributed by atoms with E-state index in [1.807, 2.05) is 29.0 Å².